The fourth-order valence-corrected chi connectivity index (χ4v) is 2.93. The van der Waals surface area contributed by atoms with Crippen LogP contribution in [-0.2, 0) is 9.53 Å². The van der Waals surface area contributed by atoms with E-state index >= 15 is 0 Å². The smallest absolute Gasteiger partial charge is 0.227 e. The molecule has 0 aromatic heterocycles. The van der Waals surface area contributed by atoms with Crippen molar-refractivity contribution in [2.24, 2.45) is 11.1 Å². The van der Waals surface area contributed by atoms with E-state index in [1.807, 2.05) is 0 Å². The first-order chi connectivity index (χ1) is 10.2. The van der Waals surface area contributed by atoms with Gasteiger partial charge in [0.2, 0.25) is 5.91 Å². The van der Waals surface area contributed by atoms with Crippen LogP contribution in [-0.4, -0.2) is 32.2 Å². The highest BCUT2D eigenvalue weighted by Crippen LogP contribution is 2.29. The van der Waals surface area contributed by atoms with E-state index in [0.29, 0.717) is 19.8 Å². The second kappa shape index (κ2) is 11.0. The summed E-state index contributed by atoms with van der Waals surface area (Å²) in [4.78, 5) is 12.3. The Labute approximate surface area is 130 Å². The predicted octanol–water partition coefficient (Wildman–Crippen LogP) is 3.00. The molecule has 1 aliphatic heterocycles. The number of nitrogens with one attached hydrogen (secondary N) is 1. The molecule has 124 valence electrons. The summed E-state index contributed by atoms with van der Waals surface area (Å²) in [6, 6.07) is 0. The molecule has 0 bridgehead atoms. The third-order valence-corrected chi connectivity index (χ3v) is 4.64. The van der Waals surface area contributed by atoms with Crippen LogP contribution in [0.1, 0.15) is 71.1 Å². The molecule has 0 aliphatic carbocycles. The molecule has 1 amide bonds. The summed E-state index contributed by atoms with van der Waals surface area (Å²) >= 11 is 0. The Hall–Kier alpha value is -0.610. The molecular weight excluding hydrogens is 264 g/mol. The van der Waals surface area contributed by atoms with E-state index in [2.05, 4.69) is 12.2 Å². The number of amides is 1. The lowest BCUT2D eigenvalue weighted by Crippen LogP contribution is -2.49. The van der Waals surface area contributed by atoms with Gasteiger partial charge in [0.1, 0.15) is 0 Å². The third-order valence-electron chi connectivity index (χ3n) is 4.64. The van der Waals surface area contributed by atoms with Crippen molar-refractivity contribution >= 4 is 5.91 Å². The number of unbranched alkanes of at least 4 members (excludes halogenated alkanes) is 7. The predicted molar refractivity (Wildman–Crippen MR) is 87.2 cm³/mol. The van der Waals surface area contributed by atoms with Crippen LogP contribution in [0.25, 0.3) is 0 Å². The van der Waals surface area contributed by atoms with Crippen molar-refractivity contribution < 1.29 is 9.53 Å². The van der Waals surface area contributed by atoms with Gasteiger partial charge in [0.15, 0.2) is 0 Å². The summed E-state index contributed by atoms with van der Waals surface area (Å²) < 4.78 is 5.34. The van der Waals surface area contributed by atoms with Crippen LogP contribution < -0.4 is 11.1 Å². The normalized spacial score (nSPS) is 17.6. The Morgan fingerprint density at radius 2 is 1.62 bits per heavy atom. The van der Waals surface area contributed by atoms with Crippen LogP contribution in [0.5, 0.6) is 0 Å². The molecule has 0 saturated carbocycles. The molecule has 0 aromatic carbocycles. The average Bonchev–Trinajstić information content (AvgIpc) is 2.53. The Morgan fingerprint density at radius 3 is 2.19 bits per heavy atom. The van der Waals surface area contributed by atoms with Crippen LogP contribution in [0.4, 0.5) is 0 Å². The second-order valence-electron chi connectivity index (χ2n) is 6.33. The maximum atomic E-state index is 12.3. The van der Waals surface area contributed by atoms with Gasteiger partial charge in [-0.1, -0.05) is 51.9 Å². The number of nitrogens with two attached hydrogens (primary N) is 1. The average molecular weight is 298 g/mol. The van der Waals surface area contributed by atoms with Gasteiger partial charge in [0.25, 0.3) is 0 Å². The molecule has 1 aliphatic rings. The van der Waals surface area contributed by atoms with Crippen molar-refractivity contribution in [3.63, 3.8) is 0 Å². The number of ether oxygens (including phenoxy) is 1. The highest BCUT2D eigenvalue weighted by molar-refractivity contribution is 5.83. The maximum absolute atomic E-state index is 12.3. The molecule has 1 heterocycles. The monoisotopic (exact) mass is 298 g/mol. The van der Waals surface area contributed by atoms with Crippen LogP contribution in [0.15, 0.2) is 0 Å². The van der Waals surface area contributed by atoms with E-state index in [1.165, 1.54) is 44.9 Å². The minimum Gasteiger partial charge on any atom is -0.381 e. The Morgan fingerprint density at radius 1 is 1.05 bits per heavy atom. The van der Waals surface area contributed by atoms with Crippen LogP contribution in [0.2, 0.25) is 0 Å². The number of rotatable bonds is 11. The number of carbonyl (C=O) groups is 1. The quantitative estimate of drug-likeness (QED) is 0.576. The number of carbonyl (C=O) groups excluding carboxylic acids is 1. The molecule has 0 atom stereocenters. The summed E-state index contributed by atoms with van der Waals surface area (Å²) in [7, 11) is 0. The van der Waals surface area contributed by atoms with Crippen molar-refractivity contribution in [3.05, 3.63) is 0 Å². The summed E-state index contributed by atoms with van der Waals surface area (Å²) in [5, 5.41) is 3.08. The van der Waals surface area contributed by atoms with Crippen LogP contribution in [0.3, 0.4) is 0 Å². The van der Waals surface area contributed by atoms with Crippen LogP contribution in [0, 0.1) is 5.41 Å². The minimum absolute atomic E-state index is 0.135. The molecule has 1 fully saturated rings. The first-order valence-corrected chi connectivity index (χ1v) is 8.81. The molecule has 3 N–H and O–H groups in total. The molecule has 4 nitrogen and oxygen atoms in total. The van der Waals surface area contributed by atoms with E-state index in [0.717, 1.165) is 25.8 Å². The Balaban J connectivity index is 2.05. The van der Waals surface area contributed by atoms with E-state index in [1.54, 1.807) is 0 Å². The first-order valence-electron chi connectivity index (χ1n) is 8.81. The summed E-state index contributed by atoms with van der Waals surface area (Å²) in [6.07, 6.45) is 11.8. The minimum atomic E-state index is -0.377. The molecule has 0 unspecified atom stereocenters. The van der Waals surface area contributed by atoms with Gasteiger partial charge in [-0.3, -0.25) is 4.79 Å². The van der Waals surface area contributed by atoms with Gasteiger partial charge in [-0.2, -0.15) is 0 Å². The maximum Gasteiger partial charge on any atom is 0.227 e. The molecule has 0 radical (unpaired) electrons. The van der Waals surface area contributed by atoms with Gasteiger partial charge in [-0.05, 0) is 19.3 Å². The van der Waals surface area contributed by atoms with E-state index in [4.69, 9.17) is 10.5 Å². The highest BCUT2D eigenvalue weighted by Gasteiger charge is 2.38. The molecule has 21 heavy (non-hydrogen) atoms. The third kappa shape index (κ3) is 6.79. The fraction of sp³-hybridized carbons (Fsp3) is 0.941. The topological polar surface area (TPSA) is 64.4 Å². The Kier molecular flexibility index (Phi) is 9.68. The van der Waals surface area contributed by atoms with Gasteiger partial charge in [-0.25, -0.2) is 0 Å². The Bertz CT molecular complexity index is 276. The van der Waals surface area contributed by atoms with Gasteiger partial charge in [-0.15, -0.1) is 0 Å². The van der Waals surface area contributed by atoms with Crippen molar-refractivity contribution in [1.29, 1.82) is 0 Å². The van der Waals surface area contributed by atoms with Crippen molar-refractivity contribution in [2.75, 3.05) is 26.3 Å². The van der Waals surface area contributed by atoms with E-state index in [-0.39, 0.29) is 11.3 Å². The largest absolute Gasteiger partial charge is 0.381 e. The van der Waals surface area contributed by atoms with Gasteiger partial charge >= 0.3 is 0 Å². The van der Waals surface area contributed by atoms with E-state index in [9.17, 15) is 4.79 Å². The van der Waals surface area contributed by atoms with Crippen molar-refractivity contribution in [3.8, 4) is 0 Å². The molecule has 1 saturated heterocycles. The lowest BCUT2D eigenvalue weighted by Gasteiger charge is -2.34. The lowest BCUT2D eigenvalue weighted by atomic mass is 9.79. The molecule has 0 spiro atoms. The number of hydrogen-bond acceptors (Lipinski definition) is 3. The van der Waals surface area contributed by atoms with Crippen LogP contribution >= 0.6 is 0 Å². The lowest BCUT2D eigenvalue weighted by molar-refractivity contribution is -0.135. The summed E-state index contributed by atoms with van der Waals surface area (Å²) in [5.41, 5.74) is 5.46. The summed E-state index contributed by atoms with van der Waals surface area (Å²) in [5.74, 6) is 0.135. The fourth-order valence-electron chi connectivity index (χ4n) is 2.93. The molecule has 1 rings (SSSR count). The van der Waals surface area contributed by atoms with Crippen molar-refractivity contribution in [2.45, 2.75) is 71.1 Å². The molecule has 0 aromatic rings. The standard InChI is InChI=1S/C17H34N2O2/c1-2-3-4-5-6-7-8-9-12-19-16(20)17(15-18)10-13-21-14-11-17/h2-15,18H2,1H3,(H,19,20). The highest BCUT2D eigenvalue weighted by atomic mass is 16.5. The van der Waals surface area contributed by atoms with Crippen molar-refractivity contribution in [1.82, 2.24) is 5.32 Å². The van der Waals surface area contributed by atoms with Gasteiger partial charge < -0.3 is 15.8 Å². The number of hydrogen-bond donors (Lipinski definition) is 2. The molecule has 4 heteroatoms. The zero-order valence-corrected chi connectivity index (χ0v) is 13.8. The van der Waals surface area contributed by atoms with Gasteiger partial charge in [0.05, 0.1) is 5.41 Å². The second-order valence-corrected chi connectivity index (χ2v) is 6.33. The molecular formula is C17H34N2O2. The van der Waals surface area contributed by atoms with E-state index < -0.39 is 0 Å². The SMILES string of the molecule is CCCCCCCCCCNC(=O)C1(CN)CCOCC1. The zero-order chi connectivity index (χ0) is 15.4. The van der Waals surface area contributed by atoms with Gasteiger partial charge in [0, 0.05) is 26.3 Å². The summed E-state index contributed by atoms with van der Waals surface area (Å²) in [6.45, 7) is 4.77. The zero-order valence-electron chi connectivity index (χ0n) is 13.8. The first kappa shape index (κ1) is 18.4.